The summed E-state index contributed by atoms with van der Waals surface area (Å²) < 4.78 is 5.24. The lowest BCUT2D eigenvalue weighted by Gasteiger charge is -2.02. The maximum Gasteiger partial charge on any atom is 0.277 e. The normalized spacial score (nSPS) is 13.8. The molecule has 2 N–H and O–H groups in total. The molecule has 0 unspecified atom stereocenters. The van der Waals surface area contributed by atoms with Crippen LogP contribution in [0.25, 0.3) is 22.4 Å². The lowest BCUT2D eigenvalue weighted by molar-refractivity contribution is 0.101. The van der Waals surface area contributed by atoms with Gasteiger partial charge in [0.25, 0.3) is 5.91 Å². The third-order valence-corrected chi connectivity index (χ3v) is 4.53. The van der Waals surface area contributed by atoms with Gasteiger partial charge in [0, 0.05) is 23.2 Å². The second kappa shape index (κ2) is 5.84. The van der Waals surface area contributed by atoms with E-state index < -0.39 is 0 Å². The number of imidazole rings is 1. The first-order valence-corrected chi connectivity index (χ1v) is 8.59. The number of hydrogen-bond acceptors (Lipinski definition) is 4. The lowest BCUT2D eigenvalue weighted by atomic mass is 10.2. The minimum Gasteiger partial charge on any atom is -0.360 e. The number of benzene rings is 2. The second-order valence-electron chi connectivity index (χ2n) is 6.53. The van der Waals surface area contributed by atoms with Crippen LogP contribution >= 0.6 is 0 Å². The van der Waals surface area contributed by atoms with Gasteiger partial charge in [0.2, 0.25) is 0 Å². The van der Waals surface area contributed by atoms with Crippen LogP contribution in [-0.2, 0) is 0 Å². The van der Waals surface area contributed by atoms with Crippen molar-refractivity contribution in [3.8, 4) is 11.4 Å². The van der Waals surface area contributed by atoms with Gasteiger partial charge in [-0.3, -0.25) is 4.79 Å². The number of nitrogens with one attached hydrogen (secondary N) is 2. The van der Waals surface area contributed by atoms with Crippen molar-refractivity contribution >= 4 is 22.6 Å². The molecule has 0 saturated heterocycles. The maximum atomic E-state index is 12.4. The summed E-state index contributed by atoms with van der Waals surface area (Å²) in [6, 6.07) is 17.2. The van der Waals surface area contributed by atoms with Gasteiger partial charge >= 0.3 is 0 Å². The van der Waals surface area contributed by atoms with E-state index in [4.69, 9.17) is 4.52 Å². The number of rotatable bonds is 4. The number of hydrogen-bond donors (Lipinski definition) is 2. The molecule has 1 aliphatic carbocycles. The van der Waals surface area contributed by atoms with Crippen LogP contribution in [-0.4, -0.2) is 21.0 Å². The highest BCUT2D eigenvalue weighted by Crippen LogP contribution is 2.40. The number of anilines is 1. The van der Waals surface area contributed by atoms with Crippen molar-refractivity contribution < 1.29 is 9.32 Å². The van der Waals surface area contributed by atoms with Crippen LogP contribution in [0.5, 0.6) is 0 Å². The lowest BCUT2D eigenvalue weighted by Crippen LogP contribution is -2.12. The molecule has 0 spiro atoms. The van der Waals surface area contributed by atoms with Gasteiger partial charge < -0.3 is 14.8 Å². The molecule has 6 heteroatoms. The molecule has 26 heavy (non-hydrogen) atoms. The predicted molar refractivity (Wildman–Crippen MR) is 98.0 cm³/mol. The van der Waals surface area contributed by atoms with E-state index in [-0.39, 0.29) is 5.91 Å². The van der Waals surface area contributed by atoms with Crippen molar-refractivity contribution in [2.45, 2.75) is 18.8 Å². The smallest absolute Gasteiger partial charge is 0.277 e. The quantitative estimate of drug-likeness (QED) is 0.576. The Kier molecular flexibility index (Phi) is 3.35. The highest BCUT2D eigenvalue weighted by Gasteiger charge is 2.28. The molecule has 128 valence electrons. The van der Waals surface area contributed by atoms with E-state index in [1.165, 1.54) is 0 Å². The number of carbonyl (C=O) groups is 1. The third-order valence-electron chi connectivity index (χ3n) is 4.53. The Morgan fingerprint density at radius 3 is 2.77 bits per heavy atom. The molecule has 1 fully saturated rings. The zero-order chi connectivity index (χ0) is 17.5. The van der Waals surface area contributed by atoms with E-state index in [0.717, 1.165) is 41.0 Å². The Morgan fingerprint density at radius 1 is 1.12 bits per heavy atom. The average molecular weight is 344 g/mol. The van der Waals surface area contributed by atoms with Gasteiger partial charge in [-0.2, -0.15) is 0 Å². The van der Waals surface area contributed by atoms with E-state index in [1.54, 1.807) is 6.07 Å². The zero-order valence-corrected chi connectivity index (χ0v) is 13.9. The molecule has 2 heterocycles. The summed E-state index contributed by atoms with van der Waals surface area (Å²) in [4.78, 5) is 20.3. The summed E-state index contributed by atoms with van der Waals surface area (Å²) in [5.41, 5.74) is 3.72. The Hall–Kier alpha value is -3.41. The SMILES string of the molecule is O=C(Nc1ccc2nc(-c3ccccc3)[nH]c2c1)c1cc(C2CC2)on1. The highest BCUT2D eigenvalue weighted by molar-refractivity contribution is 6.03. The van der Waals surface area contributed by atoms with Crippen molar-refractivity contribution in [2.75, 3.05) is 5.32 Å². The number of carbonyl (C=O) groups excluding carboxylic acids is 1. The van der Waals surface area contributed by atoms with Crippen molar-refractivity contribution in [1.29, 1.82) is 0 Å². The van der Waals surface area contributed by atoms with Gasteiger partial charge in [0.05, 0.1) is 11.0 Å². The van der Waals surface area contributed by atoms with Gasteiger partial charge in [0.1, 0.15) is 11.6 Å². The highest BCUT2D eigenvalue weighted by atomic mass is 16.5. The molecule has 0 aliphatic heterocycles. The van der Waals surface area contributed by atoms with Gasteiger partial charge in [-0.15, -0.1) is 0 Å². The Labute approximate surface area is 149 Å². The van der Waals surface area contributed by atoms with Gasteiger partial charge in [-0.05, 0) is 31.0 Å². The molecule has 1 saturated carbocycles. The molecule has 0 bridgehead atoms. The van der Waals surface area contributed by atoms with Crippen LogP contribution in [0.15, 0.2) is 59.1 Å². The van der Waals surface area contributed by atoms with E-state index in [0.29, 0.717) is 17.3 Å². The topological polar surface area (TPSA) is 83.8 Å². The predicted octanol–water partition coefficient (Wildman–Crippen LogP) is 4.35. The summed E-state index contributed by atoms with van der Waals surface area (Å²) in [6.45, 7) is 0. The molecule has 1 aliphatic rings. The molecule has 5 rings (SSSR count). The van der Waals surface area contributed by atoms with E-state index in [1.807, 2.05) is 48.5 Å². The van der Waals surface area contributed by atoms with Gasteiger partial charge in [-0.1, -0.05) is 35.5 Å². The molecule has 4 aromatic rings. The Balaban J connectivity index is 1.39. The van der Waals surface area contributed by atoms with Crippen LogP contribution in [0, 0.1) is 0 Å². The number of nitrogens with zero attached hydrogens (tertiary/aromatic N) is 2. The summed E-state index contributed by atoms with van der Waals surface area (Å²) in [5.74, 6) is 1.76. The minimum absolute atomic E-state index is 0.275. The first-order chi connectivity index (χ1) is 12.8. The molecular weight excluding hydrogens is 328 g/mol. The monoisotopic (exact) mass is 344 g/mol. The average Bonchev–Trinajstić information content (AvgIpc) is 3.24. The summed E-state index contributed by atoms with van der Waals surface area (Å²) in [5, 5.41) is 6.74. The third kappa shape index (κ3) is 2.75. The first kappa shape index (κ1) is 14.9. The largest absolute Gasteiger partial charge is 0.360 e. The first-order valence-electron chi connectivity index (χ1n) is 8.59. The van der Waals surface area contributed by atoms with Crippen LogP contribution in [0.1, 0.15) is 35.0 Å². The zero-order valence-electron chi connectivity index (χ0n) is 13.9. The van der Waals surface area contributed by atoms with Gasteiger partial charge in [0.15, 0.2) is 5.69 Å². The van der Waals surface area contributed by atoms with E-state index in [2.05, 4.69) is 20.4 Å². The molecule has 0 atom stereocenters. The van der Waals surface area contributed by atoms with E-state index >= 15 is 0 Å². The number of aromatic nitrogens is 3. The summed E-state index contributed by atoms with van der Waals surface area (Å²) in [6.07, 6.45) is 2.22. The number of amides is 1. The number of H-pyrrole nitrogens is 1. The number of aromatic amines is 1. The molecule has 2 aromatic heterocycles. The molecular formula is C20H16N4O2. The van der Waals surface area contributed by atoms with Crippen LogP contribution < -0.4 is 5.32 Å². The standard InChI is InChI=1S/C20H16N4O2/c25-20(17-11-18(26-24-17)12-6-7-12)21-14-8-9-15-16(10-14)23-19(22-15)13-4-2-1-3-5-13/h1-5,8-12H,6-7H2,(H,21,25)(H,22,23). The fourth-order valence-corrected chi connectivity index (χ4v) is 2.97. The minimum atomic E-state index is -0.275. The van der Waals surface area contributed by atoms with Crippen molar-refractivity contribution in [2.24, 2.45) is 0 Å². The molecule has 0 radical (unpaired) electrons. The maximum absolute atomic E-state index is 12.4. The van der Waals surface area contributed by atoms with Crippen molar-refractivity contribution in [3.05, 3.63) is 66.1 Å². The van der Waals surface area contributed by atoms with Crippen LogP contribution in [0.2, 0.25) is 0 Å². The Bertz CT molecular complexity index is 1090. The van der Waals surface area contributed by atoms with Crippen molar-refractivity contribution in [1.82, 2.24) is 15.1 Å². The van der Waals surface area contributed by atoms with Crippen LogP contribution in [0.4, 0.5) is 5.69 Å². The Morgan fingerprint density at radius 2 is 1.96 bits per heavy atom. The van der Waals surface area contributed by atoms with Crippen molar-refractivity contribution in [3.63, 3.8) is 0 Å². The number of fused-ring (bicyclic) bond motifs is 1. The van der Waals surface area contributed by atoms with Crippen LogP contribution in [0.3, 0.4) is 0 Å². The molecule has 2 aromatic carbocycles. The van der Waals surface area contributed by atoms with Gasteiger partial charge in [-0.25, -0.2) is 4.98 Å². The fourth-order valence-electron chi connectivity index (χ4n) is 2.97. The fraction of sp³-hybridized carbons (Fsp3) is 0.150. The summed E-state index contributed by atoms with van der Waals surface area (Å²) in [7, 11) is 0. The second-order valence-corrected chi connectivity index (χ2v) is 6.53. The molecule has 6 nitrogen and oxygen atoms in total. The molecule has 1 amide bonds. The van der Waals surface area contributed by atoms with E-state index in [9.17, 15) is 4.79 Å². The summed E-state index contributed by atoms with van der Waals surface area (Å²) >= 11 is 0.